The van der Waals surface area contributed by atoms with Crippen LogP contribution >= 0.6 is 0 Å². The van der Waals surface area contributed by atoms with E-state index in [0.717, 1.165) is 30.6 Å². The van der Waals surface area contributed by atoms with Gasteiger partial charge in [0, 0.05) is 10.8 Å². The van der Waals surface area contributed by atoms with Crippen molar-refractivity contribution in [2.75, 3.05) is 0 Å². The Kier molecular flexibility index (Phi) is 4.92. The van der Waals surface area contributed by atoms with E-state index < -0.39 is 10.8 Å². The van der Waals surface area contributed by atoms with E-state index in [0.29, 0.717) is 5.92 Å². The van der Waals surface area contributed by atoms with Crippen molar-refractivity contribution in [2.45, 2.75) is 49.7 Å². The third-order valence-corrected chi connectivity index (χ3v) is 5.81. The minimum absolute atomic E-state index is 0.108. The second-order valence-corrected chi connectivity index (χ2v) is 7.09. The fourth-order valence-electron chi connectivity index (χ4n) is 2.95. The molecule has 0 aromatic heterocycles. The molecule has 1 aliphatic rings. The monoisotopic (exact) mass is 278 g/mol. The molecule has 3 unspecified atom stereocenters. The highest BCUT2D eigenvalue weighted by atomic mass is 32.2. The molecule has 0 bridgehead atoms. The number of hydrogen-bond acceptors (Lipinski definition) is 2. The van der Waals surface area contributed by atoms with Crippen LogP contribution in [0.2, 0.25) is 0 Å². The molecule has 1 aromatic carbocycles. The van der Waals surface area contributed by atoms with Crippen molar-refractivity contribution in [1.29, 1.82) is 0 Å². The van der Waals surface area contributed by atoms with E-state index in [1.54, 1.807) is 0 Å². The van der Waals surface area contributed by atoms with Crippen molar-refractivity contribution in [3.63, 3.8) is 0 Å². The van der Waals surface area contributed by atoms with E-state index in [2.05, 4.69) is 13.8 Å². The molecule has 1 fully saturated rings. The molecule has 2 nitrogen and oxygen atoms in total. The number of carbonyl (C=O) groups excluding carboxylic acids is 1. The second kappa shape index (κ2) is 6.47. The maximum atomic E-state index is 12.6. The Balaban J connectivity index is 2.17. The number of hydrogen-bond donors (Lipinski definition) is 0. The summed E-state index contributed by atoms with van der Waals surface area (Å²) in [4.78, 5) is 13.3. The molecular formula is C16H22O2S. The molecule has 0 radical (unpaired) electrons. The van der Waals surface area contributed by atoms with Crippen LogP contribution < -0.4 is 0 Å². The largest absolute Gasteiger partial charge is 0.298 e. The van der Waals surface area contributed by atoms with Crippen molar-refractivity contribution < 1.29 is 9.00 Å². The van der Waals surface area contributed by atoms with Gasteiger partial charge in [0.25, 0.3) is 0 Å². The zero-order valence-corrected chi connectivity index (χ0v) is 12.5. The molecule has 2 rings (SSSR count). The predicted octanol–water partition coefficient (Wildman–Crippen LogP) is 3.58. The Morgan fingerprint density at radius 3 is 2.53 bits per heavy atom. The summed E-state index contributed by atoms with van der Waals surface area (Å²) < 4.78 is 12.6. The third kappa shape index (κ3) is 3.14. The third-order valence-electron chi connectivity index (χ3n) is 4.09. The van der Waals surface area contributed by atoms with Gasteiger partial charge in [0.1, 0.15) is 0 Å². The minimum Gasteiger partial charge on any atom is -0.298 e. The van der Waals surface area contributed by atoms with Gasteiger partial charge in [0.05, 0.1) is 16.0 Å². The quantitative estimate of drug-likeness (QED) is 0.843. The zero-order valence-electron chi connectivity index (χ0n) is 11.7. The number of carbonyl (C=O) groups is 1. The van der Waals surface area contributed by atoms with Gasteiger partial charge in [-0.2, -0.15) is 0 Å². The minimum atomic E-state index is -1.19. The van der Waals surface area contributed by atoms with Gasteiger partial charge in [-0.1, -0.05) is 38.5 Å². The lowest BCUT2D eigenvalue weighted by Gasteiger charge is -2.32. The van der Waals surface area contributed by atoms with Gasteiger partial charge < -0.3 is 0 Å². The number of rotatable bonds is 4. The Morgan fingerprint density at radius 2 is 1.89 bits per heavy atom. The fourth-order valence-corrected chi connectivity index (χ4v) is 4.44. The first-order chi connectivity index (χ1) is 9.15. The summed E-state index contributed by atoms with van der Waals surface area (Å²) in [6.45, 7) is 4.26. The van der Waals surface area contributed by atoms with Crippen molar-refractivity contribution in [3.8, 4) is 0 Å². The maximum absolute atomic E-state index is 12.6. The molecule has 3 heteroatoms. The van der Waals surface area contributed by atoms with Gasteiger partial charge in [-0.3, -0.25) is 9.00 Å². The van der Waals surface area contributed by atoms with E-state index in [4.69, 9.17) is 0 Å². The molecule has 19 heavy (non-hydrogen) atoms. The molecule has 0 N–H and O–H groups in total. The maximum Gasteiger partial charge on any atom is 0.152 e. The summed E-state index contributed by atoms with van der Waals surface area (Å²) in [7, 11) is -1.19. The average molecular weight is 278 g/mol. The van der Waals surface area contributed by atoms with Crippen LogP contribution in [0.1, 0.15) is 39.5 Å². The average Bonchev–Trinajstić information content (AvgIpc) is 2.44. The molecule has 0 amide bonds. The van der Waals surface area contributed by atoms with Crippen LogP contribution in [0, 0.1) is 11.8 Å². The van der Waals surface area contributed by atoms with Crippen LogP contribution in [-0.4, -0.2) is 15.2 Å². The number of Topliss-reactive ketones (excluding diaryl/α,β-unsaturated/α-hetero) is 1. The Hall–Kier alpha value is -0.960. The summed E-state index contributed by atoms with van der Waals surface area (Å²) in [5, 5.41) is -0.296. The summed E-state index contributed by atoms with van der Waals surface area (Å²) in [5.41, 5.74) is 0. The standard InChI is InChI=1S/C16H22O2S/c1-3-7-14-12(2)10-11-15(16(14)17)19(18)13-8-5-4-6-9-13/h4-6,8-9,12,14-15H,3,7,10-11H2,1-2H3/t12-,14?,15?,19?/m1/s1. The Morgan fingerprint density at radius 1 is 1.21 bits per heavy atom. The fraction of sp³-hybridized carbons (Fsp3) is 0.562. The van der Waals surface area contributed by atoms with Gasteiger partial charge in [-0.15, -0.1) is 0 Å². The highest BCUT2D eigenvalue weighted by molar-refractivity contribution is 7.86. The SMILES string of the molecule is CCCC1C(=O)C(S(=O)c2ccccc2)CC[C@H]1C. The van der Waals surface area contributed by atoms with E-state index in [9.17, 15) is 9.00 Å². The Bertz CT molecular complexity index is 455. The molecule has 0 heterocycles. The normalized spacial score (nSPS) is 29.2. The molecule has 1 aromatic rings. The van der Waals surface area contributed by atoms with Crippen molar-refractivity contribution >= 4 is 16.6 Å². The molecule has 0 aliphatic heterocycles. The summed E-state index contributed by atoms with van der Waals surface area (Å²) in [5.74, 6) is 0.774. The van der Waals surface area contributed by atoms with Crippen molar-refractivity contribution in [2.24, 2.45) is 11.8 Å². The summed E-state index contributed by atoms with van der Waals surface area (Å²) >= 11 is 0. The van der Waals surface area contributed by atoms with Gasteiger partial charge in [0.2, 0.25) is 0 Å². The lowest BCUT2D eigenvalue weighted by molar-refractivity contribution is -0.126. The second-order valence-electron chi connectivity index (χ2n) is 5.45. The van der Waals surface area contributed by atoms with Gasteiger partial charge >= 0.3 is 0 Å². The molecule has 0 saturated heterocycles. The van der Waals surface area contributed by atoms with Crippen molar-refractivity contribution in [1.82, 2.24) is 0 Å². The van der Waals surface area contributed by atoms with Crippen LogP contribution in [0.3, 0.4) is 0 Å². The lowest BCUT2D eigenvalue weighted by atomic mass is 9.77. The van der Waals surface area contributed by atoms with Gasteiger partial charge in [-0.05, 0) is 37.3 Å². The van der Waals surface area contributed by atoms with Gasteiger partial charge in [0.15, 0.2) is 5.78 Å². The Labute approximate surface area is 118 Å². The predicted molar refractivity (Wildman–Crippen MR) is 78.4 cm³/mol. The smallest absolute Gasteiger partial charge is 0.152 e. The van der Waals surface area contributed by atoms with Gasteiger partial charge in [-0.25, -0.2) is 0 Å². The van der Waals surface area contributed by atoms with E-state index >= 15 is 0 Å². The van der Waals surface area contributed by atoms with E-state index in [1.165, 1.54) is 0 Å². The molecule has 104 valence electrons. The highest BCUT2D eigenvalue weighted by Gasteiger charge is 2.38. The summed E-state index contributed by atoms with van der Waals surface area (Å²) in [6, 6.07) is 9.39. The van der Waals surface area contributed by atoms with Crippen LogP contribution in [0.15, 0.2) is 35.2 Å². The van der Waals surface area contributed by atoms with Crippen LogP contribution in [-0.2, 0) is 15.6 Å². The van der Waals surface area contributed by atoms with Crippen molar-refractivity contribution in [3.05, 3.63) is 30.3 Å². The van der Waals surface area contributed by atoms with Crippen LogP contribution in [0.4, 0.5) is 0 Å². The first-order valence-electron chi connectivity index (χ1n) is 7.14. The topological polar surface area (TPSA) is 34.1 Å². The van der Waals surface area contributed by atoms with Crippen LogP contribution in [0.5, 0.6) is 0 Å². The molecular weight excluding hydrogens is 256 g/mol. The number of ketones is 1. The first-order valence-corrected chi connectivity index (χ1v) is 8.35. The summed E-state index contributed by atoms with van der Waals surface area (Å²) in [6.07, 6.45) is 3.73. The van der Waals surface area contributed by atoms with E-state index in [-0.39, 0.29) is 17.0 Å². The highest BCUT2D eigenvalue weighted by Crippen LogP contribution is 2.33. The van der Waals surface area contributed by atoms with E-state index in [1.807, 2.05) is 30.3 Å². The first kappa shape index (κ1) is 14.4. The molecule has 0 spiro atoms. The zero-order chi connectivity index (χ0) is 13.8. The number of benzene rings is 1. The molecule has 4 atom stereocenters. The van der Waals surface area contributed by atoms with Crippen LogP contribution in [0.25, 0.3) is 0 Å². The lowest BCUT2D eigenvalue weighted by Crippen LogP contribution is -2.39. The molecule has 1 saturated carbocycles. The molecule has 1 aliphatic carbocycles.